The standard InChI is InChI=1S/C46H70N10O18/c1-8-22(4)36(45(72)54-28(16-21(2)3)41(68)55-32(20-57)44(71)49-25(7)46(73)74)56-39(66)27(14-15-33(58)59)50-42(69)29(17-26-12-10-9-11-13-26)53-43(70)31(19-35(62)63)52-38(65)24(6)48-40(67)30(18-34(60)61)51-37(64)23(5)47/h9-13,21-25,27-32,36,57H,8,14-20,47H2,1-7H3,(H,48,67)(H,49,71)(H,50,69)(H,51,64)(H,52,65)(H,53,70)(H,54,72)(H,55,68)(H,56,66)(H,58,59)(H,60,61)(H,62,63)(H,73,74)/t22-,23-,24-,25-,27-,28-,29-,30-,31-,32-,36-/m0/s1. The first-order chi connectivity index (χ1) is 34.5. The van der Waals surface area contributed by atoms with Crippen molar-refractivity contribution in [3.8, 4) is 0 Å². The van der Waals surface area contributed by atoms with Crippen molar-refractivity contribution in [3.05, 3.63) is 35.9 Å². The van der Waals surface area contributed by atoms with Crippen LogP contribution in [0.2, 0.25) is 0 Å². The highest BCUT2D eigenvalue weighted by Gasteiger charge is 2.37. The van der Waals surface area contributed by atoms with E-state index in [1.165, 1.54) is 6.92 Å². The number of hydrogen-bond donors (Lipinski definition) is 15. The van der Waals surface area contributed by atoms with E-state index in [2.05, 4.69) is 47.9 Å². The lowest BCUT2D eigenvalue weighted by Gasteiger charge is -2.30. The zero-order valence-electron chi connectivity index (χ0n) is 42.1. The number of aliphatic carboxylic acids is 4. The Hall–Kier alpha value is -7.75. The van der Waals surface area contributed by atoms with Gasteiger partial charge in [0.25, 0.3) is 0 Å². The monoisotopic (exact) mass is 1050 g/mol. The summed E-state index contributed by atoms with van der Waals surface area (Å²) < 4.78 is 0. The van der Waals surface area contributed by atoms with Crippen LogP contribution in [0.1, 0.15) is 92.6 Å². The second-order valence-electron chi connectivity index (χ2n) is 18.0. The van der Waals surface area contributed by atoms with Crippen LogP contribution in [0.5, 0.6) is 0 Å². The minimum absolute atomic E-state index is 0.0343. The number of rotatable bonds is 33. The molecular formula is C46H70N10O18. The van der Waals surface area contributed by atoms with E-state index in [0.29, 0.717) is 5.56 Å². The van der Waals surface area contributed by atoms with Crippen LogP contribution in [-0.4, -0.2) is 170 Å². The highest BCUT2D eigenvalue weighted by atomic mass is 16.4. The van der Waals surface area contributed by atoms with E-state index in [0.717, 1.165) is 13.8 Å². The Kier molecular flexibility index (Phi) is 27.5. The lowest BCUT2D eigenvalue weighted by molar-refractivity contribution is -0.142. The van der Waals surface area contributed by atoms with Crippen molar-refractivity contribution in [1.29, 1.82) is 0 Å². The molecule has 0 aliphatic heterocycles. The summed E-state index contributed by atoms with van der Waals surface area (Å²) in [4.78, 5) is 167. The molecule has 0 bridgehead atoms. The number of hydrogen-bond acceptors (Lipinski definition) is 15. The second-order valence-corrected chi connectivity index (χ2v) is 18.0. The van der Waals surface area contributed by atoms with Gasteiger partial charge in [-0.05, 0) is 51.0 Å². The van der Waals surface area contributed by atoms with Gasteiger partial charge in [0.05, 0.1) is 25.5 Å². The van der Waals surface area contributed by atoms with E-state index in [1.807, 2.05) is 0 Å². The fourth-order valence-corrected chi connectivity index (χ4v) is 6.65. The van der Waals surface area contributed by atoms with Gasteiger partial charge in [0, 0.05) is 12.8 Å². The molecule has 28 heteroatoms. The van der Waals surface area contributed by atoms with Crippen LogP contribution in [0.3, 0.4) is 0 Å². The zero-order valence-corrected chi connectivity index (χ0v) is 42.1. The maximum atomic E-state index is 14.2. The van der Waals surface area contributed by atoms with Gasteiger partial charge in [0.15, 0.2) is 0 Å². The molecule has 9 amide bonds. The Morgan fingerprint density at radius 3 is 1.41 bits per heavy atom. The molecule has 1 aromatic carbocycles. The minimum atomic E-state index is -1.95. The second kappa shape index (κ2) is 31.7. The topological polar surface area (TPSA) is 457 Å². The normalized spacial score (nSPS) is 15.4. The first-order valence-corrected chi connectivity index (χ1v) is 23.5. The highest BCUT2D eigenvalue weighted by Crippen LogP contribution is 2.13. The summed E-state index contributed by atoms with van der Waals surface area (Å²) in [5.41, 5.74) is 5.91. The van der Waals surface area contributed by atoms with Gasteiger partial charge in [-0.1, -0.05) is 64.4 Å². The first kappa shape index (κ1) is 64.3. The molecule has 0 unspecified atom stereocenters. The van der Waals surface area contributed by atoms with Crippen LogP contribution in [0.25, 0.3) is 0 Å². The number of benzene rings is 1. The maximum Gasteiger partial charge on any atom is 0.325 e. The molecule has 0 spiro atoms. The summed E-state index contributed by atoms with van der Waals surface area (Å²) in [6.45, 7) is 9.21. The van der Waals surface area contributed by atoms with Crippen molar-refractivity contribution in [2.24, 2.45) is 17.6 Å². The number of aliphatic hydroxyl groups is 1. The van der Waals surface area contributed by atoms with Crippen molar-refractivity contribution in [1.82, 2.24) is 47.9 Å². The molecule has 0 aliphatic rings. The third kappa shape index (κ3) is 23.2. The first-order valence-electron chi connectivity index (χ1n) is 23.5. The number of nitrogens with one attached hydrogen (secondary N) is 9. The molecular weight excluding hydrogens is 981 g/mol. The van der Waals surface area contributed by atoms with Gasteiger partial charge in [-0.25, -0.2) is 0 Å². The lowest BCUT2D eigenvalue weighted by atomic mass is 9.96. The minimum Gasteiger partial charge on any atom is -0.481 e. The fourth-order valence-electron chi connectivity index (χ4n) is 6.65. The number of carbonyl (C=O) groups excluding carboxylic acids is 9. The summed E-state index contributed by atoms with van der Waals surface area (Å²) in [6.07, 6.45) is -3.44. The number of aliphatic hydroxyl groups excluding tert-OH is 1. The summed E-state index contributed by atoms with van der Waals surface area (Å²) in [5, 5.41) is 68.2. The third-order valence-corrected chi connectivity index (χ3v) is 11.1. The summed E-state index contributed by atoms with van der Waals surface area (Å²) in [5.74, 6) is -16.5. The van der Waals surface area contributed by atoms with Crippen molar-refractivity contribution in [2.75, 3.05) is 6.61 Å². The molecule has 1 aromatic rings. The number of carbonyl (C=O) groups is 13. The molecule has 412 valence electrons. The van der Waals surface area contributed by atoms with Crippen LogP contribution in [-0.2, 0) is 68.7 Å². The van der Waals surface area contributed by atoms with Crippen molar-refractivity contribution < 1.29 is 87.9 Å². The van der Waals surface area contributed by atoms with E-state index in [4.69, 9.17) is 10.8 Å². The largest absolute Gasteiger partial charge is 0.481 e. The molecule has 0 radical (unpaired) electrons. The summed E-state index contributed by atoms with van der Waals surface area (Å²) >= 11 is 0. The molecule has 16 N–H and O–H groups in total. The highest BCUT2D eigenvalue weighted by molar-refractivity contribution is 5.99. The van der Waals surface area contributed by atoms with Gasteiger partial charge in [-0.3, -0.25) is 62.3 Å². The van der Waals surface area contributed by atoms with Crippen LogP contribution in [0.15, 0.2) is 30.3 Å². The molecule has 11 atom stereocenters. The molecule has 0 heterocycles. The molecule has 0 fully saturated rings. The maximum absolute atomic E-state index is 14.2. The Bertz CT molecular complexity index is 2180. The third-order valence-electron chi connectivity index (χ3n) is 11.1. The van der Waals surface area contributed by atoms with Crippen LogP contribution < -0.4 is 53.6 Å². The Morgan fingerprint density at radius 1 is 0.486 bits per heavy atom. The molecule has 74 heavy (non-hydrogen) atoms. The van der Waals surface area contributed by atoms with Crippen molar-refractivity contribution in [2.45, 2.75) is 154 Å². The van der Waals surface area contributed by atoms with Crippen LogP contribution in [0.4, 0.5) is 0 Å². The van der Waals surface area contributed by atoms with Gasteiger partial charge in [0.2, 0.25) is 53.2 Å². The SMILES string of the molecule is CC[C@H](C)[C@H](NC(=O)[C@H](CCC(=O)O)NC(=O)[C@H](Cc1ccccc1)NC(=O)[C@H](CC(=O)O)NC(=O)[C@H](C)NC(=O)[C@H](CC(=O)O)NC(=O)[C@H](C)N)C(=O)N[C@@H](CC(C)C)C(=O)N[C@@H](CO)C(=O)N[C@@H](C)C(=O)O. The van der Waals surface area contributed by atoms with Gasteiger partial charge in [-0.2, -0.15) is 0 Å². The van der Waals surface area contributed by atoms with E-state index < -0.39 is 176 Å². The Morgan fingerprint density at radius 2 is 0.919 bits per heavy atom. The quantitative estimate of drug-likeness (QED) is 0.0319. The molecule has 0 aliphatic carbocycles. The van der Waals surface area contributed by atoms with Gasteiger partial charge in [0.1, 0.15) is 54.4 Å². The molecule has 0 saturated heterocycles. The van der Waals surface area contributed by atoms with Crippen LogP contribution in [0, 0.1) is 11.8 Å². The van der Waals surface area contributed by atoms with Gasteiger partial charge >= 0.3 is 23.9 Å². The predicted molar refractivity (Wildman–Crippen MR) is 258 cm³/mol. The Labute approximate surface area is 425 Å². The number of carboxylic acid groups (broad SMARTS) is 4. The molecule has 0 aromatic heterocycles. The van der Waals surface area contributed by atoms with Crippen LogP contribution >= 0.6 is 0 Å². The molecule has 1 rings (SSSR count). The summed E-state index contributed by atoms with van der Waals surface area (Å²) in [6, 6.07) is -7.75. The predicted octanol–water partition coefficient (Wildman–Crippen LogP) is -4.04. The molecule has 28 nitrogen and oxygen atoms in total. The van der Waals surface area contributed by atoms with E-state index in [-0.39, 0.29) is 25.2 Å². The number of nitrogens with two attached hydrogens (primary N) is 1. The fraction of sp³-hybridized carbons (Fsp3) is 0.587. The Balaban J connectivity index is 3.54. The van der Waals surface area contributed by atoms with Gasteiger partial charge < -0.3 is 79.1 Å². The van der Waals surface area contributed by atoms with E-state index in [9.17, 15) is 82.8 Å². The zero-order chi connectivity index (χ0) is 56.6. The average Bonchev–Trinajstić information content (AvgIpc) is 3.31. The van der Waals surface area contributed by atoms with E-state index in [1.54, 1.807) is 58.0 Å². The summed E-state index contributed by atoms with van der Waals surface area (Å²) in [7, 11) is 0. The van der Waals surface area contributed by atoms with Crippen molar-refractivity contribution in [3.63, 3.8) is 0 Å². The number of amides is 9. The smallest absolute Gasteiger partial charge is 0.325 e. The average molecular weight is 1050 g/mol. The lowest BCUT2D eigenvalue weighted by Crippen LogP contribution is -2.61. The van der Waals surface area contributed by atoms with Crippen molar-refractivity contribution >= 4 is 77.0 Å². The molecule has 0 saturated carbocycles. The van der Waals surface area contributed by atoms with Gasteiger partial charge in [-0.15, -0.1) is 0 Å². The number of carboxylic acids is 4. The van der Waals surface area contributed by atoms with E-state index >= 15 is 0 Å².